The van der Waals surface area contributed by atoms with Crippen LogP contribution in [0, 0.1) is 0 Å². The number of carbonyl (C=O) groups is 1. The molecule has 1 aliphatic rings. The number of hydrogen-bond donors (Lipinski definition) is 0. The third kappa shape index (κ3) is 5.49. The van der Waals surface area contributed by atoms with Crippen molar-refractivity contribution in [3.8, 4) is 0 Å². The van der Waals surface area contributed by atoms with Gasteiger partial charge in [-0.25, -0.2) is 4.79 Å². The lowest BCUT2D eigenvalue weighted by Gasteiger charge is -2.17. The highest BCUT2D eigenvalue weighted by molar-refractivity contribution is 6.81. The Hall–Kier alpha value is -1.09. The maximum atomic E-state index is 11.1. The summed E-state index contributed by atoms with van der Waals surface area (Å²) in [6.45, 7) is 6.99. The second kappa shape index (κ2) is 6.74. The Balaban J connectivity index is 2.86. The molecule has 3 heteroatoms. The van der Waals surface area contributed by atoms with Gasteiger partial charge in [-0.3, -0.25) is 0 Å². The zero-order valence-electron chi connectivity index (χ0n) is 12.0. The van der Waals surface area contributed by atoms with E-state index in [1.165, 1.54) is 37.2 Å². The van der Waals surface area contributed by atoms with Crippen LogP contribution in [0.4, 0.5) is 0 Å². The van der Waals surface area contributed by atoms with E-state index >= 15 is 0 Å². The third-order valence-electron chi connectivity index (χ3n) is 2.96. The molecule has 0 unspecified atom stereocenters. The van der Waals surface area contributed by atoms with Gasteiger partial charge in [-0.1, -0.05) is 37.5 Å². The van der Waals surface area contributed by atoms with Crippen molar-refractivity contribution >= 4 is 14.0 Å². The van der Waals surface area contributed by atoms with Gasteiger partial charge in [0.15, 0.2) is 0 Å². The van der Waals surface area contributed by atoms with Gasteiger partial charge in [-0.15, -0.1) is 0 Å². The minimum absolute atomic E-state index is 0.276. The van der Waals surface area contributed by atoms with Gasteiger partial charge in [0, 0.05) is 6.08 Å². The lowest BCUT2D eigenvalue weighted by atomic mass is 9.91. The van der Waals surface area contributed by atoms with Crippen molar-refractivity contribution in [3.63, 3.8) is 0 Å². The van der Waals surface area contributed by atoms with Crippen molar-refractivity contribution in [2.45, 2.75) is 45.3 Å². The monoisotopic (exact) mass is 264 g/mol. The van der Waals surface area contributed by atoms with Gasteiger partial charge >= 0.3 is 5.97 Å². The lowest BCUT2D eigenvalue weighted by molar-refractivity contribution is -0.134. The molecule has 2 nitrogen and oxygen atoms in total. The second-order valence-corrected chi connectivity index (χ2v) is 10.9. The summed E-state index contributed by atoms with van der Waals surface area (Å²) in [6, 6.07) is 0. The average molecular weight is 264 g/mol. The van der Waals surface area contributed by atoms with E-state index in [-0.39, 0.29) is 5.97 Å². The fourth-order valence-electron chi connectivity index (χ4n) is 1.92. The number of hydrogen-bond acceptors (Lipinski definition) is 2. The Bertz CT molecular complexity index is 384. The molecule has 0 heterocycles. The first-order chi connectivity index (χ1) is 8.42. The summed E-state index contributed by atoms with van der Waals surface area (Å²) in [5.74, 6) is -0.276. The number of carbonyl (C=O) groups excluding carboxylic acids is 1. The van der Waals surface area contributed by atoms with Crippen LogP contribution in [-0.4, -0.2) is 21.2 Å². The zero-order valence-corrected chi connectivity index (χ0v) is 13.0. The molecule has 18 heavy (non-hydrogen) atoms. The Morgan fingerprint density at radius 1 is 1.11 bits per heavy atom. The summed E-state index contributed by atoms with van der Waals surface area (Å²) in [5, 5.41) is 0. The van der Waals surface area contributed by atoms with Crippen LogP contribution in [0.25, 0.3) is 0 Å². The molecule has 0 bridgehead atoms. The molecule has 0 aromatic carbocycles. The van der Waals surface area contributed by atoms with Crippen molar-refractivity contribution in [1.29, 1.82) is 0 Å². The summed E-state index contributed by atoms with van der Waals surface area (Å²) in [6.07, 6.45) is 10.4. The van der Waals surface area contributed by atoms with Crippen LogP contribution in [-0.2, 0) is 9.53 Å². The van der Waals surface area contributed by atoms with Crippen molar-refractivity contribution in [2.24, 2.45) is 0 Å². The molecule has 0 amide bonds. The smallest absolute Gasteiger partial charge is 0.330 e. The molecule has 1 aliphatic carbocycles. The van der Waals surface area contributed by atoms with E-state index in [9.17, 15) is 4.79 Å². The number of ether oxygens (including phenoxy) is 1. The lowest BCUT2D eigenvalue weighted by Crippen LogP contribution is -2.15. The predicted octanol–water partition coefficient (Wildman–Crippen LogP) is 4.02. The van der Waals surface area contributed by atoms with Gasteiger partial charge in [-0.2, -0.15) is 0 Å². The largest absolute Gasteiger partial charge is 0.466 e. The molecular weight excluding hydrogens is 240 g/mol. The van der Waals surface area contributed by atoms with Gasteiger partial charge in [0.2, 0.25) is 0 Å². The second-order valence-electron chi connectivity index (χ2n) is 5.81. The van der Waals surface area contributed by atoms with Crippen molar-refractivity contribution in [2.75, 3.05) is 7.11 Å². The molecule has 0 radical (unpaired) electrons. The van der Waals surface area contributed by atoms with Gasteiger partial charge in [0.1, 0.15) is 0 Å². The minimum atomic E-state index is -1.15. The van der Waals surface area contributed by atoms with E-state index in [1.54, 1.807) is 0 Å². The average Bonchev–Trinajstić information content (AvgIpc) is 2.33. The first-order valence-electron chi connectivity index (χ1n) is 6.59. The molecule has 1 rings (SSSR count). The van der Waals surface area contributed by atoms with E-state index in [4.69, 9.17) is 0 Å². The first-order valence-corrected chi connectivity index (χ1v) is 10.2. The maximum Gasteiger partial charge on any atom is 0.330 e. The van der Waals surface area contributed by atoms with Gasteiger partial charge in [0.05, 0.1) is 15.2 Å². The molecule has 0 atom stereocenters. The molecule has 0 aromatic rings. The number of allylic oxidation sites excluding steroid dienone is 4. The maximum absolute atomic E-state index is 11.1. The highest BCUT2D eigenvalue weighted by Crippen LogP contribution is 2.27. The molecule has 0 aromatic heterocycles. The molecule has 0 fully saturated rings. The third-order valence-corrected chi connectivity index (χ3v) is 4.13. The highest BCUT2D eigenvalue weighted by Gasteiger charge is 2.11. The molecule has 0 spiro atoms. The zero-order chi connectivity index (χ0) is 13.6. The molecule has 0 saturated heterocycles. The van der Waals surface area contributed by atoms with Crippen molar-refractivity contribution in [3.05, 3.63) is 35.1 Å². The van der Waals surface area contributed by atoms with Crippen LogP contribution in [0.1, 0.15) is 25.7 Å². The summed E-state index contributed by atoms with van der Waals surface area (Å²) in [4.78, 5) is 11.1. The predicted molar refractivity (Wildman–Crippen MR) is 79.1 cm³/mol. The van der Waals surface area contributed by atoms with Crippen LogP contribution in [0.15, 0.2) is 35.1 Å². The summed E-state index contributed by atoms with van der Waals surface area (Å²) >= 11 is 0. The normalized spacial score (nSPS) is 17.8. The van der Waals surface area contributed by atoms with Crippen LogP contribution in [0.5, 0.6) is 0 Å². The van der Waals surface area contributed by atoms with Crippen LogP contribution in [0.3, 0.4) is 0 Å². The molecule has 0 aliphatic heterocycles. The number of rotatable bonds is 4. The van der Waals surface area contributed by atoms with E-state index in [0.717, 1.165) is 12.8 Å². The highest BCUT2D eigenvalue weighted by atomic mass is 28.3. The van der Waals surface area contributed by atoms with Crippen molar-refractivity contribution in [1.82, 2.24) is 0 Å². The van der Waals surface area contributed by atoms with E-state index in [2.05, 4.69) is 36.2 Å². The molecule has 0 N–H and O–H groups in total. The van der Waals surface area contributed by atoms with Gasteiger partial charge < -0.3 is 4.74 Å². The Morgan fingerprint density at radius 2 is 1.67 bits per heavy atom. The number of methoxy groups -OCH3 is 1. The molecular formula is C15H24O2Si. The van der Waals surface area contributed by atoms with Gasteiger partial charge in [0.25, 0.3) is 0 Å². The Morgan fingerprint density at radius 3 is 2.17 bits per heavy atom. The topological polar surface area (TPSA) is 26.3 Å². The SMILES string of the molecule is COC(=O)/C=C/C1=C(/C=C/[Si](C)(C)C)CCCC1. The van der Waals surface area contributed by atoms with E-state index < -0.39 is 8.07 Å². The van der Waals surface area contributed by atoms with Crippen LogP contribution < -0.4 is 0 Å². The standard InChI is InChI=1S/C15H24O2Si/c1-17-15(16)10-9-13-7-5-6-8-14(13)11-12-18(2,3)4/h9-12H,5-8H2,1-4H3/b10-9+,12-11+. The summed E-state index contributed by atoms with van der Waals surface area (Å²) in [7, 11) is 0.258. The van der Waals surface area contributed by atoms with Gasteiger partial charge in [-0.05, 0) is 36.8 Å². The van der Waals surface area contributed by atoms with Crippen LogP contribution in [0.2, 0.25) is 19.6 Å². The molecule has 100 valence electrons. The minimum Gasteiger partial charge on any atom is -0.466 e. The van der Waals surface area contributed by atoms with Crippen molar-refractivity contribution < 1.29 is 9.53 Å². The quantitative estimate of drug-likeness (QED) is 0.435. The fourth-order valence-corrected chi connectivity index (χ4v) is 2.62. The Labute approximate surface area is 111 Å². The summed E-state index contributed by atoms with van der Waals surface area (Å²) in [5.41, 5.74) is 5.06. The number of esters is 1. The molecule has 0 saturated carbocycles. The fraction of sp³-hybridized carbons (Fsp3) is 0.533. The summed E-state index contributed by atoms with van der Waals surface area (Å²) < 4.78 is 4.63. The van der Waals surface area contributed by atoms with E-state index in [1.807, 2.05) is 6.08 Å². The van der Waals surface area contributed by atoms with E-state index in [0.29, 0.717) is 0 Å². The first kappa shape index (κ1) is 15.0. The Kier molecular flexibility index (Phi) is 5.60. The van der Waals surface area contributed by atoms with Crippen LogP contribution >= 0.6 is 0 Å².